The Morgan fingerprint density at radius 3 is 2.76 bits per heavy atom. The third-order valence-electron chi connectivity index (χ3n) is 2.45. The van der Waals surface area contributed by atoms with Gasteiger partial charge in [-0.15, -0.1) is 0 Å². The number of hydrogen-bond donors (Lipinski definition) is 1. The van der Waals surface area contributed by atoms with Crippen molar-refractivity contribution in [2.24, 2.45) is 12.8 Å². The Balaban J connectivity index is 2.24. The van der Waals surface area contributed by atoms with Crippen molar-refractivity contribution in [1.82, 2.24) is 14.8 Å². The molecule has 0 radical (unpaired) electrons. The molecule has 5 nitrogen and oxygen atoms in total. The molecule has 2 N–H and O–H groups in total. The Morgan fingerprint density at radius 2 is 2.18 bits per heavy atom. The van der Waals surface area contributed by atoms with Crippen LogP contribution in [-0.2, 0) is 7.05 Å². The van der Waals surface area contributed by atoms with E-state index in [4.69, 9.17) is 10.5 Å². The van der Waals surface area contributed by atoms with E-state index in [-0.39, 0.29) is 6.04 Å². The summed E-state index contributed by atoms with van der Waals surface area (Å²) >= 11 is 0. The number of rotatable bonds is 3. The second kappa shape index (κ2) is 4.55. The average molecular weight is 232 g/mol. The summed E-state index contributed by atoms with van der Waals surface area (Å²) in [6.07, 6.45) is 1.69. The Kier molecular flexibility index (Phi) is 3.10. The van der Waals surface area contributed by atoms with Gasteiger partial charge < -0.3 is 10.5 Å². The number of aromatic nitrogens is 3. The smallest absolute Gasteiger partial charge is 0.221 e. The molecule has 1 atom stereocenters. The quantitative estimate of drug-likeness (QED) is 0.878. The van der Waals surface area contributed by atoms with Crippen LogP contribution in [0.15, 0.2) is 24.4 Å². The Morgan fingerprint density at radius 1 is 1.41 bits per heavy atom. The molecule has 2 rings (SSSR count). The van der Waals surface area contributed by atoms with Crippen LogP contribution in [-0.4, -0.2) is 14.8 Å². The van der Waals surface area contributed by atoms with E-state index < -0.39 is 0 Å². The minimum atomic E-state index is -0.0337. The lowest BCUT2D eigenvalue weighted by Crippen LogP contribution is -2.05. The van der Waals surface area contributed by atoms with E-state index in [0.717, 1.165) is 11.3 Å². The van der Waals surface area contributed by atoms with E-state index in [1.54, 1.807) is 10.9 Å². The number of pyridine rings is 1. The maximum absolute atomic E-state index is 5.81. The monoisotopic (exact) mass is 232 g/mol. The molecular formula is C12H16N4O. The van der Waals surface area contributed by atoms with Gasteiger partial charge in [0.25, 0.3) is 0 Å². The molecule has 1 unspecified atom stereocenters. The van der Waals surface area contributed by atoms with E-state index >= 15 is 0 Å². The minimum Gasteiger partial charge on any atom is -0.421 e. The van der Waals surface area contributed by atoms with Gasteiger partial charge in [0.1, 0.15) is 0 Å². The highest BCUT2D eigenvalue weighted by Gasteiger charge is 2.07. The lowest BCUT2D eigenvalue weighted by atomic mass is 10.1. The van der Waals surface area contributed by atoms with E-state index in [1.807, 2.05) is 39.1 Å². The fourth-order valence-electron chi connectivity index (χ4n) is 1.55. The molecule has 17 heavy (non-hydrogen) atoms. The van der Waals surface area contributed by atoms with Crippen molar-refractivity contribution in [1.29, 1.82) is 0 Å². The summed E-state index contributed by atoms with van der Waals surface area (Å²) < 4.78 is 7.33. The van der Waals surface area contributed by atoms with Gasteiger partial charge in [0, 0.05) is 31.4 Å². The molecule has 0 fully saturated rings. The first kappa shape index (κ1) is 11.6. The van der Waals surface area contributed by atoms with Gasteiger partial charge in [0.2, 0.25) is 11.8 Å². The maximum atomic E-state index is 5.81. The van der Waals surface area contributed by atoms with Crippen LogP contribution in [0, 0.1) is 6.92 Å². The normalized spacial score (nSPS) is 12.5. The van der Waals surface area contributed by atoms with Crippen molar-refractivity contribution >= 4 is 0 Å². The summed E-state index contributed by atoms with van der Waals surface area (Å²) in [5.74, 6) is 1.19. The van der Waals surface area contributed by atoms with E-state index in [9.17, 15) is 0 Å². The largest absolute Gasteiger partial charge is 0.421 e. The summed E-state index contributed by atoms with van der Waals surface area (Å²) in [7, 11) is 1.83. The van der Waals surface area contributed by atoms with Crippen molar-refractivity contribution < 1.29 is 4.74 Å². The molecule has 0 bridgehead atoms. The molecule has 0 aromatic carbocycles. The highest BCUT2D eigenvalue weighted by molar-refractivity contribution is 5.27. The van der Waals surface area contributed by atoms with Crippen LogP contribution in [0.4, 0.5) is 0 Å². The second-order valence-corrected chi connectivity index (χ2v) is 4.07. The van der Waals surface area contributed by atoms with E-state index in [2.05, 4.69) is 10.1 Å². The van der Waals surface area contributed by atoms with Gasteiger partial charge in [-0.3, -0.25) is 0 Å². The van der Waals surface area contributed by atoms with Gasteiger partial charge in [-0.1, -0.05) is 0 Å². The van der Waals surface area contributed by atoms with Gasteiger partial charge in [0.05, 0.1) is 5.69 Å². The van der Waals surface area contributed by atoms with Gasteiger partial charge in [-0.2, -0.15) is 5.10 Å². The highest BCUT2D eigenvalue weighted by atomic mass is 16.5. The number of aryl methyl sites for hydroxylation is 2. The standard InChI is InChI=1S/C12H16N4O/c1-8-6-12(16(3)15-8)17-11-7-10(9(2)13)4-5-14-11/h4-7,9H,13H2,1-3H3. The van der Waals surface area contributed by atoms with Crippen molar-refractivity contribution in [3.63, 3.8) is 0 Å². The summed E-state index contributed by atoms with van der Waals surface area (Å²) in [5.41, 5.74) is 7.71. The molecule has 2 aromatic heterocycles. The third kappa shape index (κ3) is 2.62. The summed E-state index contributed by atoms with van der Waals surface area (Å²) in [6, 6.07) is 5.55. The first-order valence-electron chi connectivity index (χ1n) is 5.46. The predicted molar refractivity (Wildman–Crippen MR) is 64.9 cm³/mol. The molecule has 0 spiro atoms. The van der Waals surface area contributed by atoms with Crippen LogP contribution in [0.3, 0.4) is 0 Å². The van der Waals surface area contributed by atoms with Crippen LogP contribution in [0.2, 0.25) is 0 Å². The molecule has 0 aliphatic carbocycles. The molecular weight excluding hydrogens is 216 g/mol. The van der Waals surface area contributed by atoms with Crippen molar-refractivity contribution in [3.05, 3.63) is 35.7 Å². The van der Waals surface area contributed by atoms with Crippen LogP contribution in [0.1, 0.15) is 24.2 Å². The number of ether oxygens (including phenoxy) is 1. The molecule has 2 aromatic rings. The third-order valence-corrected chi connectivity index (χ3v) is 2.45. The Bertz CT molecular complexity index is 519. The van der Waals surface area contributed by atoms with Crippen molar-refractivity contribution in [3.8, 4) is 11.8 Å². The SMILES string of the molecule is Cc1cc(Oc2cc(C(C)N)ccn2)n(C)n1. The molecule has 5 heteroatoms. The zero-order chi connectivity index (χ0) is 12.4. The molecule has 0 saturated carbocycles. The number of hydrogen-bond acceptors (Lipinski definition) is 4. The van der Waals surface area contributed by atoms with Gasteiger partial charge in [-0.05, 0) is 25.5 Å². The zero-order valence-electron chi connectivity index (χ0n) is 10.2. The molecule has 2 heterocycles. The second-order valence-electron chi connectivity index (χ2n) is 4.07. The van der Waals surface area contributed by atoms with Crippen molar-refractivity contribution in [2.75, 3.05) is 0 Å². The van der Waals surface area contributed by atoms with E-state index in [1.165, 1.54) is 0 Å². The van der Waals surface area contributed by atoms with Crippen LogP contribution in [0.25, 0.3) is 0 Å². The topological polar surface area (TPSA) is 66.0 Å². The van der Waals surface area contributed by atoms with Crippen LogP contribution >= 0.6 is 0 Å². The van der Waals surface area contributed by atoms with Crippen LogP contribution < -0.4 is 10.5 Å². The van der Waals surface area contributed by atoms with Crippen LogP contribution in [0.5, 0.6) is 11.8 Å². The number of nitrogens with zero attached hydrogens (tertiary/aromatic N) is 3. The Labute approximate surface area is 100 Å². The summed E-state index contributed by atoms with van der Waals surface area (Å²) in [5, 5.41) is 4.20. The molecule has 0 amide bonds. The predicted octanol–water partition coefficient (Wildman–Crippen LogP) is 1.94. The van der Waals surface area contributed by atoms with Gasteiger partial charge >= 0.3 is 0 Å². The zero-order valence-corrected chi connectivity index (χ0v) is 10.2. The lowest BCUT2D eigenvalue weighted by molar-refractivity contribution is 0.414. The molecule has 0 aliphatic heterocycles. The summed E-state index contributed by atoms with van der Waals surface area (Å²) in [6.45, 7) is 3.84. The lowest BCUT2D eigenvalue weighted by Gasteiger charge is -2.08. The molecule has 0 aliphatic rings. The highest BCUT2D eigenvalue weighted by Crippen LogP contribution is 2.21. The fourth-order valence-corrected chi connectivity index (χ4v) is 1.55. The van der Waals surface area contributed by atoms with Gasteiger partial charge in [-0.25, -0.2) is 9.67 Å². The summed E-state index contributed by atoms with van der Waals surface area (Å²) in [4.78, 5) is 4.15. The van der Waals surface area contributed by atoms with Gasteiger partial charge in [0.15, 0.2) is 0 Å². The first-order chi connectivity index (χ1) is 8.06. The average Bonchev–Trinajstić information content (AvgIpc) is 2.58. The minimum absolute atomic E-state index is 0.0337. The fraction of sp³-hybridized carbons (Fsp3) is 0.333. The molecule has 90 valence electrons. The maximum Gasteiger partial charge on any atom is 0.221 e. The van der Waals surface area contributed by atoms with Crippen molar-refractivity contribution in [2.45, 2.75) is 19.9 Å². The van der Waals surface area contributed by atoms with E-state index in [0.29, 0.717) is 11.8 Å². The first-order valence-corrected chi connectivity index (χ1v) is 5.46. The Hall–Kier alpha value is -1.88. The number of nitrogens with two attached hydrogens (primary N) is 1. The molecule has 0 saturated heterocycles.